The maximum atomic E-state index is 14.4. The van der Waals surface area contributed by atoms with Gasteiger partial charge in [0, 0.05) is 18.5 Å². The van der Waals surface area contributed by atoms with Crippen molar-refractivity contribution in [3.05, 3.63) is 71.8 Å². The molecule has 2 aromatic carbocycles. The van der Waals surface area contributed by atoms with Crippen molar-refractivity contribution in [1.82, 2.24) is 15.5 Å². The molecule has 0 bridgehead atoms. The molecule has 39 heavy (non-hydrogen) atoms. The van der Waals surface area contributed by atoms with E-state index >= 15 is 0 Å². The van der Waals surface area contributed by atoms with Gasteiger partial charge in [0.1, 0.15) is 17.7 Å². The number of amides is 3. The highest BCUT2D eigenvalue weighted by Gasteiger charge is 2.37. The third-order valence-corrected chi connectivity index (χ3v) is 5.98. The Morgan fingerprint density at radius 1 is 0.846 bits per heavy atom. The lowest BCUT2D eigenvalue weighted by molar-refractivity contribution is -0.143. The minimum absolute atomic E-state index is 0.256. The normalized spacial score (nSPS) is 13.2. The van der Waals surface area contributed by atoms with Crippen molar-refractivity contribution in [1.29, 1.82) is 0 Å². The molecule has 0 aliphatic carbocycles. The van der Waals surface area contributed by atoms with Gasteiger partial charge in [-0.25, -0.2) is 4.79 Å². The van der Waals surface area contributed by atoms with E-state index in [0.717, 1.165) is 36.8 Å². The molecule has 0 radical (unpaired) electrons. The van der Waals surface area contributed by atoms with Crippen LogP contribution in [0, 0.1) is 0 Å². The Balaban J connectivity index is 2.52. The van der Waals surface area contributed by atoms with E-state index in [-0.39, 0.29) is 18.2 Å². The molecule has 0 aliphatic rings. The first-order valence-corrected chi connectivity index (χ1v) is 14.0. The molecule has 0 aliphatic heterocycles. The molecule has 2 rings (SSSR count). The highest BCUT2D eigenvalue weighted by Crippen LogP contribution is 2.25. The summed E-state index contributed by atoms with van der Waals surface area (Å²) in [5.41, 5.74) is 0.412. The van der Waals surface area contributed by atoms with Gasteiger partial charge in [0.2, 0.25) is 11.8 Å². The fraction of sp³-hybridized carbons (Fsp3) is 0.531. The van der Waals surface area contributed by atoms with Crippen LogP contribution in [0.15, 0.2) is 60.7 Å². The number of nitrogens with one attached hydrogen (secondary N) is 2. The van der Waals surface area contributed by atoms with Gasteiger partial charge in [-0.15, -0.1) is 0 Å². The molecule has 2 N–H and O–H groups in total. The van der Waals surface area contributed by atoms with Crippen molar-refractivity contribution in [2.24, 2.45) is 0 Å². The second kappa shape index (κ2) is 14.7. The molecule has 2 unspecified atom stereocenters. The van der Waals surface area contributed by atoms with Crippen LogP contribution in [0.1, 0.15) is 91.3 Å². The lowest BCUT2D eigenvalue weighted by Gasteiger charge is -2.36. The Morgan fingerprint density at radius 2 is 1.44 bits per heavy atom. The quantitative estimate of drug-likeness (QED) is 0.316. The second-order valence-electron chi connectivity index (χ2n) is 12.0. The van der Waals surface area contributed by atoms with Crippen molar-refractivity contribution >= 4 is 17.9 Å². The maximum absolute atomic E-state index is 14.4. The topological polar surface area (TPSA) is 87.7 Å². The molecule has 0 spiro atoms. The molecule has 3 amide bonds. The zero-order valence-corrected chi connectivity index (χ0v) is 24.8. The van der Waals surface area contributed by atoms with Crippen LogP contribution >= 0.6 is 0 Å². The van der Waals surface area contributed by atoms with Gasteiger partial charge in [-0.2, -0.15) is 0 Å². The predicted octanol–water partition coefficient (Wildman–Crippen LogP) is 6.19. The van der Waals surface area contributed by atoms with Crippen LogP contribution < -0.4 is 10.6 Å². The number of benzene rings is 2. The summed E-state index contributed by atoms with van der Waals surface area (Å²) >= 11 is 0. The van der Waals surface area contributed by atoms with E-state index in [4.69, 9.17) is 4.74 Å². The van der Waals surface area contributed by atoms with Crippen LogP contribution in [0.2, 0.25) is 0 Å². The summed E-state index contributed by atoms with van der Waals surface area (Å²) in [5, 5.41) is 5.88. The summed E-state index contributed by atoms with van der Waals surface area (Å²) in [5.74, 6) is -0.576. The first-order valence-electron chi connectivity index (χ1n) is 14.0. The van der Waals surface area contributed by atoms with E-state index in [0.29, 0.717) is 6.54 Å². The highest BCUT2D eigenvalue weighted by atomic mass is 16.6. The number of alkyl carbamates (subject to hydrolysis) is 1. The molecule has 2 atom stereocenters. The van der Waals surface area contributed by atoms with Crippen LogP contribution in [0.4, 0.5) is 4.79 Å². The lowest BCUT2D eigenvalue weighted by Crippen LogP contribution is -2.55. The third kappa shape index (κ3) is 11.5. The summed E-state index contributed by atoms with van der Waals surface area (Å²) in [6.45, 7) is 13.6. The Labute approximate surface area is 234 Å². The summed E-state index contributed by atoms with van der Waals surface area (Å²) < 4.78 is 5.51. The van der Waals surface area contributed by atoms with Gasteiger partial charge in [-0.1, -0.05) is 86.8 Å². The average molecular weight is 538 g/mol. The number of nitrogens with zero attached hydrogens (tertiary/aromatic N) is 1. The molecule has 7 heteroatoms. The Kier molecular flexibility index (Phi) is 12.0. The Bertz CT molecular complexity index is 1040. The van der Waals surface area contributed by atoms with E-state index in [9.17, 15) is 14.4 Å². The first kappa shape index (κ1) is 31.9. The van der Waals surface area contributed by atoms with E-state index in [2.05, 4.69) is 17.6 Å². The molecular formula is C32H47N3O4. The number of rotatable bonds is 12. The van der Waals surface area contributed by atoms with E-state index in [1.807, 2.05) is 81.4 Å². The van der Waals surface area contributed by atoms with Crippen LogP contribution in [0.25, 0.3) is 0 Å². The molecular weight excluding hydrogens is 490 g/mol. The fourth-order valence-corrected chi connectivity index (χ4v) is 4.32. The molecule has 0 fully saturated rings. The summed E-state index contributed by atoms with van der Waals surface area (Å²) in [4.78, 5) is 42.6. The summed E-state index contributed by atoms with van der Waals surface area (Å²) in [6, 6.07) is 17.1. The number of ether oxygens (including phenoxy) is 1. The van der Waals surface area contributed by atoms with Gasteiger partial charge in [0.15, 0.2) is 0 Å². The largest absolute Gasteiger partial charge is 0.444 e. The van der Waals surface area contributed by atoms with Crippen LogP contribution in [0.5, 0.6) is 0 Å². The van der Waals surface area contributed by atoms with Crippen LogP contribution in [-0.2, 0) is 20.7 Å². The minimum Gasteiger partial charge on any atom is -0.444 e. The fourth-order valence-electron chi connectivity index (χ4n) is 4.32. The predicted molar refractivity (Wildman–Crippen MR) is 156 cm³/mol. The van der Waals surface area contributed by atoms with Crippen molar-refractivity contribution in [3.8, 4) is 0 Å². The second-order valence-corrected chi connectivity index (χ2v) is 12.0. The molecule has 0 aromatic heterocycles. The van der Waals surface area contributed by atoms with E-state index < -0.39 is 29.3 Å². The van der Waals surface area contributed by atoms with Gasteiger partial charge >= 0.3 is 6.09 Å². The van der Waals surface area contributed by atoms with E-state index in [1.54, 1.807) is 25.7 Å². The molecule has 214 valence electrons. The molecule has 0 saturated heterocycles. The van der Waals surface area contributed by atoms with Crippen molar-refractivity contribution < 1.29 is 19.1 Å². The standard InChI is InChI=1S/C32H47N3O4/c1-8-9-10-17-22-35(27(25-20-15-12-16-21-25)28(36)34-31(2,3)4)29(37)26(23-24-18-13-11-14-19-24)33-30(38)39-32(5,6)7/h11-16,18-21,26-27H,8-10,17,22-23H2,1-7H3,(H,33,38)(H,34,36). The number of unbranched alkanes of at least 4 members (excludes halogenated alkanes) is 3. The van der Waals surface area contributed by atoms with Crippen molar-refractivity contribution in [3.63, 3.8) is 0 Å². The van der Waals surface area contributed by atoms with Crippen LogP contribution in [0.3, 0.4) is 0 Å². The van der Waals surface area contributed by atoms with Gasteiger partial charge in [-0.05, 0) is 59.1 Å². The van der Waals surface area contributed by atoms with E-state index in [1.165, 1.54) is 0 Å². The Morgan fingerprint density at radius 3 is 1.97 bits per heavy atom. The zero-order valence-electron chi connectivity index (χ0n) is 24.8. The summed E-state index contributed by atoms with van der Waals surface area (Å²) in [7, 11) is 0. The van der Waals surface area contributed by atoms with Crippen molar-refractivity contribution in [2.45, 2.75) is 104 Å². The molecule has 7 nitrogen and oxygen atoms in total. The summed E-state index contributed by atoms with van der Waals surface area (Å²) in [6.07, 6.45) is 3.37. The van der Waals surface area contributed by atoms with Crippen molar-refractivity contribution in [2.75, 3.05) is 6.54 Å². The van der Waals surface area contributed by atoms with Crippen LogP contribution in [-0.4, -0.2) is 46.5 Å². The number of hydrogen-bond acceptors (Lipinski definition) is 4. The van der Waals surface area contributed by atoms with Gasteiger partial charge in [-0.3, -0.25) is 9.59 Å². The van der Waals surface area contributed by atoms with Gasteiger partial charge < -0.3 is 20.3 Å². The molecule has 0 saturated carbocycles. The molecule has 0 heterocycles. The average Bonchev–Trinajstić information content (AvgIpc) is 2.84. The smallest absolute Gasteiger partial charge is 0.408 e. The first-order chi connectivity index (χ1) is 18.3. The number of carbonyl (C=O) groups is 3. The number of carbonyl (C=O) groups excluding carboxylic acids is 3. The minimum atomic E-state index is -0.915. The van der Waals surface area contributed by atoms with Gasteiger partial charge in [0.05, 0.1) is 0 Å². The third-order valence-electron chi connectivity index (χ3n) is 5.98. The zero-order chi connectivity index (χ0) is 29.1. The van der Waals surface area contributed by atoms with Gasteiger partial charge in [0.25, 0.3) is 0 Å². The SMILES string of the molecule is CCCCCCN(C(=O)C(Cc1ccccc1)NC(=O)OC(C)(C)C)C(C(=O)NC(C)(C)C)c1ccccc1. The monoisotopic (exact) mass is 537 g/mol. The maximum Gasteiger partial charge on any atom is 0.408 e. The lowest BCUT2D eigenvalue weighted by atomic mass is 9.98. The Hall–Kier alpha value is -3.35. The highest BCUT2D eigenvalue weighted by molar-refractivity contribution is 5.92. The molecule has 2 aromatic rings. The number of hydrogen-bond donors (Lipinski definition) is 2.